The van der Waals surface area contributed by atoms with E-state index < -0.39 is 0 Å². The molecule has 0 aromatic heterocycles. The highest BCUT2D eigenvalue weighted by Crippen LogP contribution is 2.25. The van der Waals surface area contributed by atoms with Gasteiger partial charge in [0, 0.05) is 18.8 Å². The third-order valence-corrected chi connectivity index (χ3v) is 4.61. The molecule has 2 aliphatic heterocycles. The maximum Gasteiger partial charge on any atom is 0.414 e. The Morgan fingerprint density at radius 1 is 1.39 bits per heavy atom. The van der Waals surface area contributed by atoms with Gasteiger partial charge in [0.2, 0.25) is 5.91 Å². The van der Waals surface area contributed by atoms with Gasteiger partial charge in [0.05, 0.1) is 12.0 Å². The first-order chi connectivity index (χ1) is 11.1. The molecule has 1 unspecified atom stereocenters. The van der Waals surface area contributed by atoms with Crippen molar-refractivity contribution in [3.05, 3.63) is 29.8 Å². The van der Waals surface area contributed by atoms with Crippen LogP contribution >= 0.6 is 0 Å². The van der Waals surface area contributed by atoms with E-state index in [2.05, 4.69) is 10.6 Å². The summed E-state index contributed by atoms with van der Waals surface area (Å²) in [6, 6.07) is 7.64. The van der Waals surface area contributed by atoms with E-state index in [1.807, 2.05) is 31.2 Å². The summed E-state index contributed by atoms with van der Waals surface area (Å²) < 4.78 is 4.93. The molecule has 1 atom stereocenters. The van der Waals surface area contributed by atoms with Crippen molar-refractivity contribution >= 4 is 17.7 Å². The van der Waals surface area contributed by atoms with E-state index in [1.54, 1.807) is 4.90 Å². The summed E-state index contributed by atoms with van der Waals surface area (Å²) >= 11 is 0. The zero-order valence-corrected chi connectivity index (χ0v) is 13.4. The molecule has 3 rings (SSSR count). The first-order valence-electron chi connectivity index (χ1n) is 8.11. The van der Waals surface area contributed by atoms with Crippen molar-refractivity contribution in [1.29, 1.82) is 0 Å². The van der Waals surface area contributed by atoms with Crippen LogP contribution in [0.2, 0.25) is 0 Å². The Labute approximate surface area is 136 Å². The molecule has 0 aliphatic carbocycles. The van der Waals surface area contributed by atoms with Crippen LogP contribution in [0.3, 0.4) is 0 Å². The van der Waals surface area contributed by atoms with Crippen LogP contribution in [0.25, 0.3) is 0 Å². The molecule has 0 bridgehead atoms. The van der Waals surface area contributed by atoms with Gasteiger partial charge in [-0.3, -0.25) is 9.69 Å². The number of hydrogen-bond acceptors (Lipinski definition) is 4. The molecule has 0 spiro atoms. The second-order valence-corrected chi connectivity index (χ2v) is 6.46. The van der Waals surface area contributed by atoms with Gasteiger partial charge in [0.1, 0.15) is 6.61 Å². The van der Waals surface area contributed by atoms with Gasteiger partial charge in [0.25, 0.3) is 0 Å². The Balaban J connectivity index is 1.56. The number of benzene rings is 1. The standard InChI is InChI=1S/C17H23N3O3/c1-17(7-2-8-18-12-17)15(21)19-11-13-3-5-14(6-4-13)20-9-10-23-16(20)22/h3-6,18H,2,7-12H2,1H3,(H,19,21). The Hall–Kier alpha value is -2.08. The Morgan fingerprint density at radius 3 is 2.78 bits per heavy atom. The smallest absolute Gasteiger partial charge is 0.414 e. The third kappa shape index (κ3) is 3.47. The molecule has 6 nitrogen and oxygen atoms in total. The number of hydrogen-bond donors (Lipinski definition) is 2. The topological polar surface area (TPSA) is 70.7 Å². The maximum atomic E-state index is 12.4. The van der Waals surface area contributed by atoms with Gasteiger partial charge in [-0.2, -0.15) is 0 Å². The second-order valence-electron chi connectivity index (χ2n) is 6.46. The van der Waals surface area contributed by atoms with Crippen molar-refractivity contribution in [3.63, 3.8) is 0 Å². The Kier molecular flexibility index (Phi) is 4.52. The summed E-state index contributed by atoms with van der Waals surface area (Å²) in [4.78, 5) is 25.5. The molecular formula is C17H23N3O3. The van der Waals surface area contributed by atoms with Crippen LogP contribution < -0.4 is 15.5 Å². The fraction of sp³-hybridized carbons (Fsp3) is 0.529. The number of amides is 2. The summed E-state index contributed by atoms with van der Waals surface area (Å²) in [6.07, 6.45) is 1.65. The van der Waals surface area contributed by atoms with Gasteiger partial charge < -0.3 is 15.4 Å². The van der Waals surface area contributed by atoms with Crippen molar-refractivity contribution in [2.24, 2.45) is 5.41 Å². The lowest BCUT2D eigenvalue weighted by Gasteiger charge is -2.32. The summed E-state index contributed by atoms with van der Waals surface area (Å²) in [5, 5.41) is 6.31. The monoisotopic (exact) mass is 317 g/mol. The van der Waals surface area contributed by atoms with E-state index >= 15 is 0 Å². The quantitative estimate of drug-likeness (QED) is 0.886. The fourth-order valence-corrected chi connectivity index (χ4v) is 3.07. The molecule has 124 valence electrons. The molecule has 2 aliphatic rings. The van der Waals surface area contributed by atoms with Crippen molar-refractivity contribution in [1.82, 2.24) is 10.6 Å². The number of ether oxygens (including phenoxy) is 1. The van der Waals surface area contributed by atoms with Crippen LogP contribution in [0.5, 0.6) is 0 Å². The van der Waals surface area contributed by atoms with Gasteiger partial charge in [-0.15, -0.1) is 0 Å². The van der Waals surface area contributed by atoms with Crippen LogP contribution in [0.15, 0.2) is 24.3 Å². The normalized spacial score (nSPS) is 24.4. The van der Waals surface area contributed by atoms with Crippen LogP contribution in [-0.2, 0) is 16.1 Å². The van der Waals surface area contributed by atoms with Gasteiger partial charge in [-0.1, -0.05) is 12.1 Å². The molecule has 2 fully saturated rings. The molecule has 1 aromatic rings. The number of anilines is 1. The minimum absolute atomic E-state index is 0.0943. The number of piperidine rings is 1. The second kappa shape index (κ2) is 6.58. The summed E-state index contributed by atoms with van der Waals surface area (Å²) in [6.45, 7) is 5.25. The van der Waals surface area contributed by atoms with Gasteiger partial charge >= 0.3 is 6.09 Å². The minimum atomic E-state index is -0.322. The molecule has 2 saturated heterocycles. The SMILES string of the molecule is CC1(C(=O)NCc2ccc(N3CCOC3=O)cc2)CCCNC1. The first-order valence-corrected chi connectivity index (χ1v) is 8.11. The van der Waals surface area contributed by atoms with E-state index in [-0.39, 0.29) is 17.4 Å². The van der Waals surface area contributed by atoms with Crippen molar-refractivity contribution in [2.75, 3.05) is 31.1 Å². The predicted octanol–water partition coefficient (Wildman–Crippen LogP) is 1.65. The van der Waals surface area contributed by atoms with Crippen LogP contribution in [0.4, 0.5) is 10.5 Å². The zero-order valence-electron chi connectivity index (χ0n) is 13.4. The molecule has 1 aromatic carbocycles. The lowest BCUT2D eigenvalue weighted by atomic mass is 9.82. The number of carbonyl (C=O) groups is 2. The highest BCUT2D eigenvalue weighted by Gasteiger charge is 2.34. The largest absolute Gasteiger partial charge is 0.447 e. The van der Waals surface area contributed by atoms with Crippen molar-refractivity contribution in [3.8, 4) is 0 Å². The number of nitrogens with one attached hydrogen (secondary N) is 2. The minimum Gasteiger partial charge on any atom is -0.447 e. The van der Waals surface area contributed by atoms with Gasteiger partial charge in [-0.05, 0) is 44.0 Å². The Bertz CT molecular complexity index is 579. The summed E-state index contributed by atoms with van der Waals surface area (Å²) in [5.41, 5.74) is 1.52. The summed E-state index contributed by atoms with van der Waals surface area (Å²) in [5.74, 6) is 0.0943. The Morgan fingerprint density at radius 2 is 2.17 bits per heavy atom. The highest BCUT2D eigenvalue weighted by molar-refractivity contribution is 5.89. The molecule has 2 heterocycles. The average molecular weight is 317 g/mol. The lowest BCUT2D eigenvalue weighted by molar-refractivity contribution is -0.131. The molecule has 2 N–H and O–H groups in total. The van der Waals surface area contributed by atoms with Gasteiger partial charge in [0.15, 0.2) is 0 Å². The molecule has 6 heteroatoms. The van der Waals surface area contributed by atoms with Crippen LogP contribution in [0, 0.1) is 5.41 Å². The average Bonchev–Trinajstić information content (AvgIpc) is 3.00. The van der Waals surface area contributed by atoms with E-state index in [1.165, 1.54) is 0 Å². The number of carbonyl (C=O) groups excluding carboxylic acids is 2. The van der Waals surface area contributed by atoms with Crippen molar-refractivity contribution in [2.45, 2.75) is 26.3 Å². The number of rotatable bonds is 4. The van der Waals surface area contributed by atoms with Crippen LogP contribution in [0.1, 0.15) is 25.3 Å². The van der Waals surface area contributed by atoms with Gasteiger partial charge in [-0.25, -0.2) is 4.79 Å². The van der Waals surface area contributed by atoms with E-state index in [4.69, 9.17) is 4.74 Å². The molecular weight excluding hydrogens is 294 g/mol. The predicted molar refractivity (Wildman–Crippen MR) is 87.2 cm³/mol. The maximum absolute atomic E-state index is 12.4. The fourth-order valence-electron chi connectivity index (χ4n) is 3.07. The van der Waals surface area contributed by atoms with E-state index in [0.717, 1.165) is 37.2 Å². The molecule has 2 amide bonds. The molecule has 0 radical (unpaired) electrons. The molecule has 23 heavy (non-hydrogen) atoms. The molecule has 0 saturated carbocycles. The highest BCUT2D eigenvalue weighted by atomic mass is 16.6. The third-order valence-electron chi connectivity index (χ3n) is 4.61. The summed E-state index contributed by atoms with van der Waals surface area (Å²) in [7, 11) is 0. The van der Waals surface area contributed by atoms with E-state index in [9.17, 15) is 9.59 Å². The van der Waals surface area contributed by atoms with Crippen molar-refractivity contribution < 1.29 is 14.3 Å². The number of nitrogens with zero attached hydrogens (tertiary/aromatic N) is 1. The van der Waals surface area contributed by atoms with E-state index in [0.29, 0.717) is 19.7 Å². The first kappa shape index (κ1) is 15.8. The number of cyclic esters (lactones) is 1. The van der Waals surface area contributed by atoms with Crippen LogP contribution in [-0.4, -0.2) is 38.2 Å². The zero-order chi connectivity index (χ0) is 16.3. The lowest BCUT2D eigenvalue weighted by Crippen LogP contribution is -2.48.